The van der Waals surface area contributed by atoms with E-state index in [0.717, 1.165) is 74.3 Å². The fraction of sp³-hybridized carbons (Fsp3) is 0.417. The Hall–Kier alpha value is -3.97. The van der Waals surface area contributed by atoms with Crippen LogP contribution in [0.5, 0.6) is 5.75 Å². The lowest BCUT2D eigenvalue weighted by atomic mass is 9.82. The van der Waals surface area contributed by atoms with E-state index in [9.17, 15) is 14.7 Å². The Morgan fingerprint density at radius 1 is 0.953 bits per heavy atom. The van der Waals surface area contributed by atoms with Crippen molar-refractivity contribution in [1.82, 2.24) is 4.98 Å². The van der Waals surface area contributed by atoms with Gasteiger partial charge in [0.1, 0.15) is 5.75 Å². The molecule has 0 unspecified atom stereocenters. The van der Waals surface area contributed by atoms with Crippen molar-refractivity contribution in [2.24, 2.45) is 5.41 Å². The Morgan fingerprint density at radius 3 is 2.51 bits per heavy atom. The molecule has 1 saturated carbocycles. The molecule has 0 atom stereocenters. The predicted octanol–water partition coefficient (Wildman–Crippen LogP) is 7.94. The molecule has 43 heavy (non-hydrogen) atoms. The standard InChI is InChI=1S/C36H44N2O5/c1-2-3-24-43-33-19-16-28(17-20-33)10-4-7-23-42-27-32-14-9-12-30(37-32)18-15-29-11-8-13-31(25-29)38-34(39)26-36(35(40)41)21-5-6-22-36/h8-9,11-20,25H,2-7,10,21-24,26-27H2,1H3,(H,38,39)(H,40,41). The number of aliphatic carboxylic acids is 1. The number of carbonyl (C=O) groups excluding carboxylic acids is 1. The summed E-state index contributed by atoms with van der Waals surface area (Å²) >= 11 is 0. The minimum Gasteiger partial charge on any atom is -0.494 e. The first-order valence-corrected chi connectivity index (χ1v) is 15.5. The molecule has 3 aromatic rings. The molecule has 0 aliphatic heterocycles. The maximum Gasteiger partial charge on any atom is 0.310 e. The zero-order valence-electron chi connectivity index (χ0n) is 25.2. The quantitative estimate of drug-likeness (QED) is 0.156. The monoisotopic (exact) mass is 584 g/mol. The molecule has 2 N–H and O–H groups in total. The summed E-state index contributed by atoms with van der Waals surface area (Å²) in [6, 6.07) is 21.8. The van der Waals surface area contributed by atoms with Crippen molar-refractivity contribution < 1.29 is 24.2 Å². The zero-order valence-corrected chi connectivity index (χ0v) is 25.2. The molecule has 1 aromatic heterocycles. The molecule has 2 aromatic carbocycles. The van der Waals surface area contributed by atoms with E-state index in [-0.39, 0.29) is 12.3 Å². The van der Waals surface area contributed by atoms with Crippen LogP contribution in [0, 0.1) is 5.41 Å². The van der Waals surface area contributed by atoms with Crippen LogP contribution in [-0.4, -0.2) is 35.2 Å². The highest BCUT2D eigenvalue weighted by atomic mass is 16.5. The summed E-state index contributed by atoms with van der Waals surface area (Å²) in [7, 11) is 0. The first-order chi connectivity index (χ1) is 21.0. The SMILES string of the molecule is CCCCOc1ccc(CCCCOCc2cccc(C=Cc3cccc(NC(=O)CC4(C(=O)O)CCCC4)c3)n2)cc1. The molecule has 1 aliphatic carbocycles. The molecule has 0 radical (unpaired) electrons. The van der Waals surface area contributed by atoms with Gasteiger partial charge < -0.3 is 19.9 Å². The van der Waals surface area contributed by atoms with E-state index in [2.05, 4.69) is 36.5 Å². The second-order valence-corrected chi connectivity index (χ2v) is 11.4. The number of nitrogens with zero attached hydrogens (tertiary/aromatic N) is 1. The second-order valence-electron chi connectivity index (χ2n) is 11.4. The van der Waals surface area contributed by atoms with Gasteiger partial charge in [0.2, 0.25) is 5.91 Å². The van der Waals surface area contributed by atoms with Gasteiger partial charge in [0, 0.05) is 18.7 Å². The van der Waals surface area contributed by atoms with Gasteiger partial charge in [0.05, 0.1) is 30.0 Å². The molecular formula is C36H44N2O5. The zero-order chi connectivity index (χ0) is 30.3. The molecule has 1 amide bonds. The van der Waals surface area contributed by atoms with E-state index in [1.165, 1.54) is 5.56 Å². The highest BCUT2D eigenvalue weighted by Gasteiger charge is 2.42. The van der Waals surface area contributed by atoms with Gasteiger partial charge in [-0.15, -0.1) is 0 Å². The molecule has 228 valence electrons. The van der Waals surface area contributed by atoms with Crippen LogP contribution >= 0.6 is 0 Å². The van der Waals surface area contributed by atoms with Crippen LogP contribution in [0.4, 0.5) is 5.69 Å². The van der Waals surface area contributed by atoms with E-state index >= 15 is 0 Å². The van der Waals surface area contributed by atoms with E-state index in [4.69, 9.17) is 14.5 Å². The van der Waals surface area contributed by atoms with Gasteiger partial charge in [-0.3, -0.25) is 14.6 Å². The first-order valence-electron chi connectivity index (χ1n) is 15.5. The van der Waals surface area contributed by atoms with Gasteiger partial charge in [-0.25, -0.2) is 0 Å². The number of benzene rings is 2. The summed E-state index contributed by atoms with van der Waals surface area (Å²) in [5.74, 6) is -0.196. The molecule has 1 fully saturated rings. The van der Waals surface area contributed by atoms with Crippen LogP contribution in [0.25, 0.3) is 12.2 Å². The summed E-state index contributed by atoms with van der Waals surface area (Å²) in [4.78, 5) is 29.1. The van der Waals surface area contributed by atoms with E-state index < -0.39 is 11.4 Å². The number of unbranched alkanes of at least 4 members (excludes halogenated alkanes) is 2. The highest BCUT2D eigenvalue weighted by molar-refractivity contribution is 5.94. The number of anilines is 1. The topological polar surface area (TPSA) is 97.8 Å². The minimum absolute atomic E-state index is 0.00403. The van der Waals surface area contributed by atoms with Crippen LogP contribution in [0.3, 0.4) is 0 Å². The number of amides is 1. The number of ether oxygens (including phenoxy) is 2. The fourth-order valence-corrected chi connectivity index (χ4v) is 5.40. The van der Waals surface area contributed by atoms with E-state index in [1.807, 2.05) is 54.6 Å². The smallest absolute Gasteiger partial charge is 0.310 e. The number of nitrogens with one attached hydrogen (secondary N) is 1. The van der Waals surface area contributed by atoms with Gasteiger partial charge >= 0.3 is 5.97 Å². The number of carbonyl (C=O) groups is 2. The minimum atomic E-state index is -0.932. The summed E-state index contributed by atoms with van der Waals surface area (Å²) in [6.45, 7) is 4.08. The first kappa shape index (κ1) is 32.0. The molecule has 7 heteroatoms. The lowest BCUT2D eigenvalue weighted by Crippen LogP contribution is -2.32. The number of carboxylic acid groups (broad SMARTS) is 1. The van der Waals surface area contributed by atoms with Crippen LogP contribution in [0.1, 0.15) is 87.2 Å². The number of aromatic nitrogens is 1. The Kier molecular flexibility index (Phi) is 12.3. The maximum atomic E-state index is 12.6. The number of pyridine rings is 1. The van der Waals surface area contributed by atoms with E-state index in [0.29, 0.717) is 31.7 Å². The van der Waals surface area contributed by atoms with Crippen LogP contribution in [0.2, 0.25) is 0 Å². The number of aryl methyl sites for hydroxylation is 1. The second kappa shape index (κ2) is 16.6. The normalized spacial score (nSPS) is 14.2. The molecule has 0 spiro atoms. The third-order valence-electron chi connectivity index (χ3n) is 7.90. The Balaban J connectivity index is 1.18. The van der Waals surface area contributed by atoms with E-state index in [1.54, 1.807) is 0 Å². The Labute approximate surface area is 255 Å². The van der Waals surface area contributed by atoms with Crippen LogP contribution in [0.15, 0.2) is 66.7 Å². The fourth-order valence-electron chi connectivity index (χ4n) is 5.40. The third kappa shape index (κ3) is 10.4. The molecule has 4 rings (SSSR count). The maximum absolute atomic E-state index is 12.6. The highest BCUT2D eigenvalue weighted by Crippen LogP contribution is 2.41. The molecule has 0 bridgehead atoms. The average Bonchev–Trinajstić information content (AvgIpc) is 3.49. The summed E-state index contributed by atoms with van der Waals surface area (Å²) < 4.78 is 11.6. The van der Waals surface area contributed by atoms with Crippen molar-refractivity contribution in [2.75, 3.05) is 18.5 Å². The number of hydrogen-bond donors (Lipinski definition) is 2. The molecule has 0 saturated heterocycles. The van der Waals surface area contributed by atoms with Gasteiger partial charge in [0.15, 0.2) is 0 Å². The van der Waals surface area contributed by atoms with Crippen molar-refractivity contribution in [3.63, 3.8) is 0 Å². The van der Waals surface area contributed by atoms with Crippen molar-refractivity contribution in [1.29, 1.82) is 0 Å². The van der Waals surface area contributed by atoms with Crippen molar-refractivity contribution in [2.45, 2.75) is 77.7 Å². The molecule has 7 nitrogen and oxygen atoms in total. The van der Waals surface area contributed by atoms with Gasteiger partial charge in [0.25, 0.3) is 0 Å². The van der Waals surface area contributed by atoms with Crippen LogP contribution < -0.4 is 10.1 Å². The van der Waals surface area contributed by atoms with Crippen molar-refractivity contribution >= 4 is 29.7 Å². The van der Waals surface area contributed by atoms with Crippen molar-refractivity contribution in [3.05, 3.63) is 89.2 Å². The summed E-state index contributed by atoms with van der Waals surface area (Å²) in [6.07, 6.45) is 12.0. The Bertz CT molecular complexity index is 1350. The van der Waals surface area contributed by atoms with Gasteiger partial charge in [-0.2, -0.15) is 0 Å². The largest absolute Gasteiger partial charge is 0.494 e. The predicted molar refractivity (Wildman–Crippen MR) is 171 cm³/mol. The third-order valence-corrected chi connectivity index (χ3v) is 7.90. The number of hydrogen-bond acceptors (Lipinski definition) is 5. The van der Waals surface area contributed by atoms with Gasteiger partial charge in [-0.1, -0.05) is 62.6 Å². The molecular weight excluding hydrogens is 540 g/mol. The summed E-state index contributed by atoms with van der Waals surface area (Å²) in [5.41, 5.74) is 3.64. The number of carboxylic acids is 1. The molecule has 1 heterocycles. The molecule has 1 aliphatic rings. The average molecular weight is 585 g/mol. The van der Waals surface area contributed by atoms with Gasteiger partial charge in [-0.05, 0) is 92.1 Å². The summed E-state index contributed by atoms with van der Waals surface area (Å²) in [5, 5.41) is 12.5. The van der Waals surface area contributed by atoms with Crippen molar-refractivity contribution in [3.8, 4) is 5.75 Å². The lowest BCUT2D eigenvalue weighted by molar-refractivity contribution is -0.150. The number of rotatable bonds is 17. The van der Waals surface area contributed by atoms with Crippen LogP contribution in [-0.2, 0) is 27.4 Å². The Morgan fingerprint density at radius 2 is 1.74 bits per heavy atom. The lowest BCUT2D eigenvalue weighted by Gasteiger charge is -2.22.